The number of nitrogens with one attached hydrogen (secondary N) is 2. The number of methoxy groups -OCH3 is 1. The van der Waals surface area contributed by atoms with E-state index in [1.54, 1.807) is 45.0 Å². The molecule has 2 atom stereocenters. The number of carbonyl (C=O) groups excluding carboxylic acids is 2. The summed E-state index contributed by atoms with van der Waals surface area (Å²) < 4.78 is 5.21. The molecule has 0 radical (unpaired) electrons. The maximum Gasteiger partial charge on any atom is 0.243 e. The van der Waals surface area contributed by atoms with Crippen molar-refractivity contribution < 1.29 is 14.3 Å². The maximum atomic E-state index is 12.6. The summed E-state index contributed by atoms with van der Waals surface area (Å²) in [6.07, 6.45) is 0. The van der Waals surface area contributed by atoms with E-state index in [2.05, 4.69) is 16.7 Å². The number of hydrogen-bond acceptors (Lipinski definition) is 6. The van der Waals surface area contributed by atoms with Crippen molar-refractivity contribution in [3.63, 3.8) is 0 Å². The molecule has 0 saturated heterocycles. The molecular weight excluding hydrogens is 364 g/mol. The Kier molecular flexibility index (Phi) is 6.14. The molecule has 1 aromatic carbocycles. The predicted molar refractivity (Wildman–Crippen MR) is 102 cm³/mol. The first-order valence-corrected chi connectivity index (χ1v) is 9.10. The molecule has 1 heterocycles. The van der Waals surface area contributed by atoms with E-state index in [-0.39, 0.29) is 11.5 Å². The van der Waals surface area contributed by atoms with Gasteiger partial charge in [-0.1, -0.05) is 37.7 Å². The van der Waals surface area contributed by atoms with Crippen molar-refractivity contribution in [2.45, 2.75) is 26.0 Å². The Bertz CT molecular complexity index is 880. The lowest BCUT2D eigenvalue weighted by Gasteiger charge is -2.35. The Labute approximate surface area is 162 Å². The molecule has 0 saturated carbocycles. The largest absolute Gasteiger partial charge is 0.495 e. The number of hydrogen-bond donors (Lipinski definition) is 2. The molecule has 1 aromatic rings. The SMILES string of the molecule is COc1ccccc1NC(=O)C(C)SC1=C(C#N)C(C)(C)C(C#N)C(=O)N1. The molecule has 1 aliphatic rings. The van der Waals surface area contributed by atoms with Gasteiger partial charge in [0.15, 0.2) is 0 Å². The molecule has 0 bridgehead atoms. The zero-order chi connectivity index (χ0) is 20.2. The summed E-state index contributed by atoms with van der Waals surface area (Å²) in [7, 11) is 1.51. The van der Waals surface area contributed by atoms with Crippen LogP contribution in [0, 0.1) is 34.0 Å². The van der Waals surface area contributed by atoms with Crippen molar-refractivity contribution in [1.29, 1.82) is 10.5 Å². The molecule has 0 spiro atoms. The Morgan fingerprint density at radius 1 is 1.37 bits per heavy atom. The number of thioether (sulfide) groups is 1. The number of nitrogens with zero attached hydrogens (tertiary/aromatic N) is 2. The second-order valence-corrected chi connectivity index (χ2v) is 7.89. The summed E-state index contributed by atoms with van der Waals surface area (Å²) in [5.74, 6) is -1.21. The number of amides is 2. The van der Waals surface area contributed by atoms with Crippen LogP contribution in [0.4, 0.5) is 5.69 Å². The molecule has 2 amide bonds. The summed E-state index contributed by atoms with van der Waals surface area (Å²) in [6.45, 7) is 5.03. The van der Waals surface area contributed by atoms with Crippen molar-refractivity contribution in [3.05, 3.63) is 34.9 Å². The minimum absolute atomic E-state index is 0.288. The molecule has 27 heavy (non-hydrogen) atoms. The van der Waals surface area contributed by atoms with Gasteiger partial charge in [-0.3, -0.25) is 9.59 Å². The molecule has 1 aliphatic heterocycles. The standard InChI is InChI=1S/C19H20N4O3S/c1-11(16(24)22-14-7-5-6-8-15(14)26-4)27-18-13(10-21)19(2,3)12(9-20)17(25)23-18/h5-8,11-12H,1-4H3,(H,22,24)(H,23,25). The third-order valence-corrected chi connectivity index (χ3v) is 5.47. The highest BCUT2D eigenvalue weighted by Crippen LogP contribution is 2.42. The second kappa shape index (κ2) is 8.15. The summed E-state index contributed by atoms with van der Waals surface area (Å²) in [4.78, 5) is 24.8. The van der Waals surface area contributed by atoms with Crippen molar-refractivity contribution in [3.8, 4) is 17.9 Å². The zero-order valence-corrected chi connectivity index (χ0v) is 16.3. The van der Waals surface area contributed by atoms with Crippen molar-refractivity contribution in [2.75, 3.05) is 12.4 Å². The summed E-state index contributed by atoms with van der Waals surface area (Å²) in [5.41, 5.74) is -0.118. The first kappa shape index (κ1) is 20.3. The van der Waals surface area contributed by atoms with E-state index in [9.17, 15) is 20.1 Å². The first-order valence-electron chi connectivity index (χ1n) is 8.22. The number of anilines is 1. The molecule has 2 unspecified atom stereocenters. The van der Waals surface area contributed by atoms with Gasteiger partial charge in [0.2, 0.25) is 11.8 Å². The monoisotopic (exact) mass is 384 g/mol. The number of nitriles is 2. The topological polar surface area (TPSA) is 115 Å². The third kappa shape index (κ3) is 4.07. The van der Waals surface area contributed by atoms with Crippen molar-refractivity contribution >= 4 is 29.3 Å². The molecule has 8 heteroatoms. The molecule has 7 nitrogen and oxygen atoms in total. The van der Waals surface area contributed by atoms with Crippen molar-refractivity contribution in [1.82, 2.24) is 5.32 Å². The Morgan fingerprint density at radius 2 is 2.04 bits per heavy atom. The fourth-order valence-corrected chi connectivity index (χ4v) is 3.83. The van der Waals surface area contributed by atoms with Crippen LogP contribution in [0.5, 0.6) is 5.75 Å². The molecule has 0 fully saturated rings. The van der Waals surface area contributed by atoms with Gasteiger partial charge >= 0.3 is 0 Å². The van der Waals surface area contributed by atoms with Crippen LogP contribution in [0.25, 0.3) is 0 Å². The van der Waals surface area contributed by atoms with Crippen LogP contribution >= 0.6 is 11.8 Å². The normalized spacial score (nSPS) is 19.3. The van der Waals surface area contributed by atoms with E-state index >= 15 is 0 Å². The number of rotatable bonds is 5. The lowest BCUT2D eigenvalue weighted by atomic mass is 9.72. The number of benzene rings is 1. The molecule has 0 aliphatic carbocycles. The zero-order valence-electron chi connectivity index (χ0n) is 15.5. The van der Waals surface area contributed by atoms with E-state index in [0.717, 1.165) is 11.8 Å². The van der Waals surface area contributed by atoms with Gasteiger partial charge in [0.05, 0.1) is 40.8 Å². The van der Waals surface area contributed by atoms with Gasteiger partial charge in [-0.25, -0.2) is 0 Å². The fraction of sp³-hybridized carbons (Fsp3) is 0.368. The number of carbonyl (C=O) groups is 2. The van der Waals surface area contributed by atoms with Crippen LogP contribution in [0.3, 0.4) is 0 Å². The number of allylic oxidation sites excluding steroid dienone is 1. The molecule has 140 valence electrons. The maximum absolute atomic E-state index is 12.6. The highest BCUT2D eigenvalue weighted by Gasteiger charge is 2.45. The highest BCUT2D eigenvalue weighted by molar-refractivity contribution is 8.04. The van der Waals surface area contributed by atoms with Crippen LogP contribution in [-0.4, -0.2) is 24.2 Å². The minimum atomic E-state index is -0.964. The van der Waals surface area contributed by atoms with Crippen molar-refractivity contribution in [2.24, 2.45) is 11.3 Å². The number of ether oxygens (including phenoxy) is 1. The third-order valence-electron chi connectivity index (χ3n) is 4.36. The van der Waals surface area contributed by atoms with E-state index in [0.29, 0.717) is 16.5 Å². The minimum Gasteiger partial charge on any atom is -0.495 e. The van der Waals surface area contributed by atoms with Crippen LogP contribution in [-0.2, 0) is 9.59 Å². The van der Waals surface area contributed by atoms with E-state index in [1.165, 1.54) is 7.11 Å². The lowest BCUT2D eigenvalue weighted by molar-refractivity contribution is -0.125. The van der Waals surface area contributed by atoms with Gasteiger partial charge in [0.25, 0.3) is 0 Å². The predicted octanol–water partition coefficient (Wildman–Crippen LogP) is 2.79. The highest BCUT2D eigenvalue weighted by atomic mass is 32.2. The average Bonchev–Trinajstić information content (AvgIpc) is 2.61. The number of para-hydroxylation sites is 2. The van der Waals surface area contributed by atoms with Gasteiger partial charge in [-0.05, 0) is 19.1 Å². The van der Waals surface area contributed by atoms with E-state index in [4.69, 9.17) is 4.74 Å². The molecule has 2 rings (SSSR count). The van der Waals surface area contributed by atoms with Gasteiger partial charge in [-0.15, -0.1) is 0 Å². The van der Waals surface area contributed by atoms with Gasteiger partial charge in [0.1, 0.15) is 11.7 Å². The van der Waals surface area contributed by atoms with Crippen LogP contribution in [0.2, 0.25) is 0 Å². The van der Waals surface area contributed by atoms with Crippen LogP contribution in [0.1, 0.15) is 20.8 Å². The van der Waals surface area contributed by atoms with Gasteiger partial charge in [0, 0.05) is 5.41 Å². The van der Waals surface area contributed by atoms with Gasteiger partial charge < -0.3 is 15.4 Å². The summed E-state index contributed by atoms with van der Waals surface area (Å²) >= 11 is 1.08. The summed E-state index contributed by atoms with van der Waals surface area (Å²) in [6, 6.07) is 11.1. The molecule has 0 aromatic heterocycles. The Hall–Kier alpha value is -2.97. The molecular formula is C19H20N4O3S. The lowest BCUT2D eigenvalue weighted by Crippen LogP contribution is -2.45. The fourth-order valence-electron chi connectivity index (χ4n) is 2.73. The average molecular weight is 384 g/mol. The smallest absolute Gasteiger partial charge is 0.243 e. The van der Waals surface area contributed by atoms with Crippen LogP contribution in [0.15, 0.2) is 34.9 Å². The van der Waals surface area contributed by atoms with Gasteiger partial charge in [-0.2, -0.15) is 10.5 Å². The Morgan fingerprint density at radius 3 is 2.63 bits per heavy atom. The second-order valence-electron chi connectivity index (χ2n) is 6.54. The van der Waals surface area contributed by atoms with Crippen LogP contribution < -0.4 is 15.4 Å². The quantitative estimate of drug-likeness (QED) is 0.807. The Balaban J connectivity index is 2.23. The van der Waals surface area contributed by atoms with E-state index in [1.807, 2.05) is 6.07 Å². The summed E-state index contributed by atoms with van der Waals surface area (Å²) in [5, 5.41) is 23.9. The van der Waals surface area contributed by atoms with E-state index < -0.39 is 22.5 Å². The first-order chi connectivity index (χ1) is 12.8. The molecule has 2 N–H and O–H groups in total.